The van der Waals surface area contributed by atoms with Gasteiger partial charge in [0.2, 0.25) is 0 Å². The van der Waals surface area contributed by atoms with Crippen molar-refractivity contribution in [3.63, 3.8) is 0 Å². The van der Waals surface area contributed by atoms with E-state index in [4.69, 9.17) is 0 Å². The van der Waals surface area contributed by atoms with Crippen LogP contribution in [0.15, 0.2) is 90.5 Å². The van der Waals surface area contributed by atoms with Crippen LogP contribution >= 0.6 is 0 Å². The fraction of sp³-hybridized carbons (Fsp3) is 0.300. The molecule has 1 N–H and O–H groups in total. The number of allylic oxidation sites excluding steroid dienone is 1. The van der Waals surface area contributed by atoms with Crippen LogP contribution in [-0.4, -0.2) is 16.5 Å². The molecule has 0 spiro atoms. The van der Waals surface area contributed by atoms with Gasteiger partial charge >= 0.3 is 0 Å². The standard InChI is InChI=1S/C30H26O2/c1-18-23(19-12-6-4-7-13-19)27(2)24-21-16-10-11-17-22(21)29(20-14-8-5-9-15-20)25(26(27)31)28(29,3)30(18,24)32/h4-17,24-25,32H,1-3H3/t24-,25+,27-,28-,29+,30-/m0/s1. The lowest BCUT2D eigenvalue weighted by Gasteiger charge is -2.51. The second-order valence-corrected chi connectivity index (χ2v) is 10.5. The Kier molecular flexibility index (Phi) is 3.09. The monoisotopic (exact) mass is 418 g/mol. The third-order valence-electron chi connectivity index (χ3n) is 9.76. The maximum Gasteiger partial charge on any atom is 0.148 e. The second kappa shape index (κ2) is 5.32. The van der Waals surface area contributed by atoms with E-state index < -0.39 is 21.8 Å². The quantitative estimate of drug-likeness (QED) is 0.596. The van der Waals surface area contributed by atoms with E-state index in [1.54, 1.807) is 0 Å². The van der Waals surface area contributed by atoms with Crippen molar-refractivity contribution >= 4 is 11.4 Å². The molecule has 0 aliphatic heterocycles. The lowest BCUT2D eigenvalue weighted by molar-refractivity contribution is -0.140. The van der Waals surface area contributed by atoms with E-state index in [9.17, 15) is 9.90 Å². The number of carbonyl (C=O) groups is 1. The molecule has 3 aromatic rings. The molecule has 0 heterocycles. The van der Waals surface area contributed by atoms with Crippen LogP contribution < -0.4 is 0 Å². The molecular formula is C30H26O2. The highest BCUT2D eigenvalue weighted by molar-refractivity contribution is 6.11. The van der Waals surface area contributed by atoms with Gasteiger partial charge in [0, 0.05) is 22.7 Å². The Bertz CT molecular complexity index is 1360. The SMILES string of the molecule is CC1=C(c2ccccc2)[C@]2(C)C(=O)[C@H]3[C@@]4(c5ccccc5)c5ccccc5[C@@H]2[C@]1(O)[C@@]34C. The van der Waals surface area contributed by atoms with Crippen molar-refractivity contribution < 1.29 is 9.90 Å². The molecule has 2 saturated carbocycles. The topological polar surface area (TPSA) is 37.3 Å². The predicted octanol–water partition coefficient (Wildman–Crippen LogP) is 5.51. The summed E-state index contributed by atoms with van der Waals surface area (Å²) >= 11 is 0. The number of hydrogen-bond donors (Lipinski definition) is 1. The van der Waals surface area contributed by atoms with Crippen molar-refractivity contribution in [3.05, 3.63) is 113 Å². The van der Waals surface area contributed by atoms with Gasteiger partial charge in [-0.15, -0.1) is 0 Å². The van der Waals surface area contributed by atoms with Crippen molar-refractivity contribution in [3.8, 4) is 0 Å². The molecule has 32 heavy (non-hydrogen) atoms. The Labute approximate surface area is 188 Å². The smallest absolute Gasteiger partial charge is 0.148 e. The van der Waals surface area contributed by atoms with Gasteiger partial charge in [0.25, 0.3) is 0 Å². The summed E-state index contributed by atoms with van der Waals surface area (Å²) < 4.78 is 0. The van der Waals surface area contributed by atoms with E-state index in [2.05, 4.69) is 81.4 Å². The number of Topliss-reactive ketones (excluding diaryl/α,β-unsaturated/α-hetero) is 1. The molecule has 4 aliphatic carbocycles. The van der Waals surface area contributed by atoms with Crippen molar-refractivity contribution in [2.45, 2.75) is 37.7 Å². The first-order chi connectivity index (χ1) is 15.4. The van der Waals surface area contributed by atoms with Crippen LogP contribution in [0.4, 0.5) is 0 Å². The van der Waals surface area contributed by atoms with Crippen LogP contribution in [0.25, 0.3) is 5.57 Å². The average Bonchev–Trinajstić information content (AvgIpc) is 3.39. The Hall–Kier alpha value is -2.97. The third kappa shape index (κ3) is 1.51. The minimum Gasteiger partial charge on any atom is -0.384 e. The highest BCUT2D eigenvalue weighted by Crippen LogP contribution is 2.90. The van der Waals surface area contributed by atoms with E-state index in [0.717, 1.165) is 27.8 Å². The van der Waals surface area contributed by atoms with Crippen molar-refractivity contribution in [1.82, 2.24) is 0 Å². The first kappa shape index (κ1) is 18.6. The highest BCUT2D eigenvalue weighted by Gasteiger charge is 2.94. The molecule has 0 unspecified atom stereocenters. The van der Waals surface area contributed by atoms with Gasteiger partial charge in [-0.05, 0) is 47.2 Å². The van der Waals surface area contributed by atoms with Crippen LogP contribution in [0.1, 0.15) is 48.9 Å². The molecule has 4 bridgehead atoms. The van der Waals surface area contributed by atoms with Gasteiger partial charge in [-0.3, -0.25) is 4.79 Å². The zero-order valence-electron chi connectivity index (χ0n) is 18.6. The number of fused-ring (bicyclic) bond motifs is 3. The first-order valence-electron chi connectivity index (χ1n) is 11.6. The van der Waals surface area contributed by atoms with E-state index in [0.29, 0.717) is 0 Å². The number of rotatable bonds is 2. The van der Waals surface area contributed by atoms with Crippen molar-refractivity contribution in [2.24, 2.45) is 16.7 Å². The van der Waals surface area contributed by atoms with E-state index in [1.807, 2.05) is 24.3 Å². The van der Waals surface area contributed by atoms with E-state index >= 15 is 0 Å². The summed E-state index contributed by atoms with van der Waals surface area (Å²) in [6.07, 6.45) is 0. The number of aliphatic hydroxyl groups is 1. The molecule has 4 aliphatic rings. The van der Waals surface area contributed by atoms with Gasteiger partial charge in [-0.2, -0.15) is 0 Å². The average molecular weight is 419 g/mol. The molecular weight excluding hydrogens is 392 g/mol. The number of hydrogen-bond acceptors (Lipinski definition) is 2. The van der Waals surface area contributed by atoms with Crippen LogP contribution in [0.5, 0.6) is 0 Å². The highest BCUT2D eigenvalue weighted by atomic mass is 16.3. The molecule has 2 fully saturated rings. The van der Waals surface area contributed by atoms with Crippen molar-refractivity contribution in [2.75, 3.05) is 0 Å². The largest absolute Gasteiger partial charge is 0.384 e. The van der Waals surface area contributed by atoms with Gasteiger partial charge in [-0.1, -0.05) is 91.9 Å². The van der Waals surface area contributed by atoms with Crippen LogP contribution in [0, 0.1) is 16.7 Å². The lowest BCUT2D eigenvalue weighted by Crippen LogP contribution is -2.56. The fourth-order valence-corrected chi connectivity index (χ4v) is 8.74. The summed E-state index contributed by atoms with van der Waals surface area (Å²) in [4.78, 5) is 14.6. The lowest BCUT2D eigenvalue weighted by atomic mass is 9.53. The molecule has 0 amide bonds. The van der Waals surface area contributed by atoms with Gasteiger partial charge in [-0.25, -0.2) is 0 Å². The summed E-state index contributed by atoms with van der Waals surface area (Å²) in [5.41, 5.74) is 3.67. The number of carbonyl (C=O) groups excluding carboxylic acids is 1. The summed E-state index contributed by atoms with van der Waals surface area (Å²) in [5.74, 6) is -0.233. The second-order valence-electron chi connectivity index (χ2n) is 10.5. The number of benzene rings is 3. The normalized spacial score (nSPS) is 40.3. The van der Waals surface area contributed by atoms with E-state index in [1.165, 1.54) is 5.56 Å². The molecule has 2 nitrogen and oxygen atoms in total. The van der Waals surface area contributed by atoms with Crippen LogP contribution in [0.3, 0.4) is 0 Å². The molecule has 158 valence electrons. The Morgan fingerprint density at radius 2 is 1.38 bits per heavy atom. The van der Waals surface area contributed by atoms with Crippen molar-refractivity contribution in [1.29, 1.82) is 0 Å². The predicted molar refractivity (Wildman–Crippen MR) is 125 cm³/mol. The first-order valence-corrected chi connectivity index (χ1v) is 11.6. The van der Waals surface area contributed by atoms with Gasteiger partial charge < -0.3 is 5.11 Å². The molecule has 7 rings (SSSR count). The summed E-state index contributed by atoms with van der Waals surface area (Å²) in [5, 5.41) is 12.8. The maximum atomic E-state index is 14.6. The number of ketones is 1. The van der Waals surface area contributed by atoms with E-state index in [-0.39, 0.29) is 17.6 Å². The van der Waals surface area contributed by atoms with Gasteiger partial charge in [0.15, 0.2) is 0 Å². The summed E-state index contributed by atoms with van der Waals surface area (Å²) in [6, 6.07) is 29.1. The Morgan fingerprint density at radius 1 is 0.781 bits per heavy atom. The molecule has 0 aromatic heterocycles. The Balaban J connectivity index is 1.64. The third-order valence-corrected chi connectivity index (χ3v) is 9.76. The summed E-state index contributed by atoms with van der Waals surface area (Å²) in [6.45, 7) is 6.34. The zero-order valence-corrected chi connectivity index (χ0v) is 18.6. The molecule has 6 atom stereocenters. The fourth-order valence-electron chi connectivity index (χ4n) is 8.74. The minimum atomic E-state index is -1.07. The van der Waals surface area contributed by atoms with Crippen LogP contribution in [-0.2, 0) is 10.2 Å². The Morgan fingerprint density at radius 3 is 2.06 bits per heavy atom. The van der Waals surface area contributed by atoms with Gasteiger partial charge in [0.1, 0.15) is 11.4 Å². The zero-order chi connectivity index (χ0) is 22.1. The molecule has 0 radical (unpaired) electrons. The minimum absolute atomic E-state index is 0.247. The molecule has 2 heteroatoms. The van der Waals surface area contributed by atoms with Gasteiger partial charge in [0.05, 0.1) is 5.41 Å². The van der Waals surface area contributed by atoms with Crippen LogP contribution in [0.2, 0.25) is 0 Å². The molecule has 0 saturated heterocycles. The maximum absolute atomic E-state index is 14.6. The molecule has 3 aromatic carbocycles. The summed E-state index contributed by atoms with van der Waals surface area (Å²) in [7, 11) is 0.